The van der Waals surface area contributed by atoms with Gasteiger partial charge >= 0.3 is 11.6 Å². The van der Waals surface area contributed by atoms with Crippen molar-refractivity contribution in [3.05, 3.63) is 45.8 Å². The molecule has 0 amide bonds. The predicted molar refractivity (Wildman–Crippen MR) is 59.4 cm³/mol. The van der Waals surface area contributed by atoms with E-state index in [4.69, 9.17) is 9.52 Å². The molecule has 2 rings (SSSR count). The molecule has 1 N–H and O–H groups in total. The lowest BCUT2D eigenvalue weighted by molar-refractivity contribution is 0.0692. The van der Waals surface area contributed by atoms with Gasteiger partial charge in [0.05, 0.1) is 0 Å². The van der Waals surface area contributed by atoms with Crippen molar-refractivity contribution in [3.63, 3.8) is 0 Å². The lowest BCUT2D eigenvalue weighted by Gasteiger charge is -2.00. The first-order valence-corrected chi connectivity index (χ1v) is 4.81. The molecule has 0 spiro atoms. The highest BCUT2D eigenvalue weighted by Gasteiger charge is 2.12. The number of hydrogen-bond acceptors (Lipinski definition) is 4. The maximum absolute atomic E-state index is 11.3. The quantitative estimate of drug-likeness (QED) is 0.629. The summed E-state index contributed by atoms with van der Waals surface area (Å²) in [6, 6.07) is 5.75. The molecule has 0 saturated carbocycles. The molecule has 0 bridgehead atoms. The van der Waals surface area contributed by atoms with Gasteiger partial charge in [-0.1, -0.05) is 12.1 Å². The second-order valence-corrected chi connectivity index (χ2v) is 3.56. The number of carbonyl (C=O) groups excluding carboxylic acids is 1. The first-order chi connectivity index (χ1) is 7.99. The summed E-state index contributed by atoms with van der Waals surface area (Å²) in [6.07, 6.45) is 0. The van der Waals surface area contributed by atoms with Crippen LogP contribution in [-0.2, 0) is 0 Å². The number of hydrogen-bond donors (Lipinski definition) is 1. The van der Waals surface area contributed by atoms with E-state index in [0.29, 0.717) is 10.9 Å². The highest BCUT2D eigenvalue weighted by molar-refractivity contribution is 5.98. The van der Waals surface area contributed by atoms with Gasteiger partial charge in [0.15, 0.2) is 5.78 Å². The number of ketones is 1. The number of carboxylic acid groups (broad SMARTS) is 1. The van der Waals surface area contributed by atoms with Gasteiger partial charge in [0, 0.05) is 10.9 Å². The second-order valence-electron chi connectivity index (χ2n) is 3.56. The Balaban J connectivity index is 2.75. The summed E-state index contributed by atoms with van der Waals surface area (Å²) in [4.78, 5) is 33.2. The molecule has 0 fully saturated rings. The van der Waals surface area contributed by atoms with Crippen LogP contribution in [0.1, 0.15) is 27.6 Å². The fraction of sp³-hybridized carbons (Fsp3) is 0.0833. The van der Waals surface area contributed by atoms with E-state index >= 15 is 0 Å². The standard InChI is InChI=1S/C12H8O5/c1-6(13)7-2-3-8-4-9(11(14)15)12(16)17-10(8)5-7/h2-5H,1H3,(H,14,15). The number of rotatable bonds is 2. The van der Waals surface area contributed by atoms with Crippen molar-refractivity contribution in [3.8, 4) is 0 Å². The maximum Gasteiger partial charge on any atom is 0.351 e. The van der Waals surface area contributed by atoms with Crippen LogP contribution < -0.4 is 5.63 Å². The summed E-state index contributed by atoms with van der Waals surface area (Å²) in [5.74, 6) is -1.49. The first-order valence-electron chi connectivity index (χ1n) is 4.81. The van der Waals surface area contributed by atoms with Crippen molar-refractivity contribution in [1.29, 1.82) is 0 Å². The molecule has 0 aliphatic carbocycles. The van der Waals surface area contributed by atoms with E-state index in [2.05, 4.69) is 0 Å². The molecular weight excluding hydrogens is 224 g/mol. The van der Waals surface area contributed by atoms with Crippen molar-refractivity contribution in [2.75, 3.05) is 0 Å². The Morgan fingerprint density at radius 1 is 1.24 bits per heavy atom. The average molecular weight is 232 g/mol. The number of fused-ring (bicyclic) bond motifs is 1. The van der Waals surface area contributed by atoms with Crippen molar-refractivity contribution >= 4 is 22.7 Å². The zero-order valence-electron chi connectivity index (χ0n) is 8.89. The van der Waals surface area contributed by atoms with E-state index in [0.717, 1.165) is 0 Å². The first kappa shape index (κ1) is 11.1. The summed E-state index contributed by atoms with van der Waals surface area (Å²) in [5.41, 5.74) is -0.741. The highest BCUT2D eigenvalue weighted by Crippen LogP contribution is 2.16. The number of carboxylic acids is 1. The minimum atomic E-state index is -1.34. The van der Waals surface area contributed by atoms with Crippen molar-refractivity contribution in [2.24, 2.45) is 0 Å². The number of Topliss-reactive ketones (excluding diaryl/α,β-unsaturated/α-hetero) is 1. The zero-order chi connectivity index (χ0) is 12.6. The van der Waals surface area contributed by atoms with Gasteiger partial charge in [0.1, 0.15) is 11.1 Å². The monoisotopic (exact) mass is 232 g/mol. The Morgan fingerprint density at radius 2 is 1.94 bits per heavy atom. The molecule has 0 aliphatic rings. The molecule has 0 aliphatic heterocycles. The number of benzene rings is 1. The maximum atomic E-state index is 11.3. The van der Waals surface area contributed by atoms with Gasteiger partial charge in [-0.15, -0.1) is 0 Å². The van der Waals surface area contributed by atoms with Crippen LogP contribution in [0.25, 0.3) is 11.0 Å². The third kappa shape index (κ3) is 1.94. The van der Waals surface area contributed by atoms with Crippen LogP contribution in [0.15, 0.2) is 33.5 Å². The SMILES string of the molecule is CC(=O)c1ccc2cc(C(=O)O)c(=O)oc2c1. The Labute approximate surface area is 95.3 Å². The largest absolute Gasteiger partial charge is 0.477 e. The van der Waals surface area contributed by atoms with E-state index in [1.807, 2.05) is 0 Å². The smallest absolute Gasteiger partial charge is 0.351 e. The molecule has 5 nitrogen and oxygen atoms in total. The summed E-state index contributed by atoms with van der Waals surface area (Å²) in [5, 5.41) is 9.22. The second kappa shape index (κ2) is 3.86. The van der Waals surface area contributed by atoms with Gasteiger partial charge in [-0.25, -0.2) is 9.59 Å². The highest BCUT2D eigenvalue weighted by atomic mass is 16.4. The fourth-order valence-electron chi connectivity index (χ4n) is 1.48. The van der Waals surface area contributed by atoms with E-state index < -0.39 is 17.2 Å². The van der Waals surface area contributed by atoms with E-state index in [1.165, 1.54) is 19.1 Å². The van der Waals surface area contributed by atoms with Crippen LogP contribution >= 0.6 is 0 Å². The van der Waals surface area contributed by atoms with Gasteiger partial charge in [-0.05, 0) is 19.1 Å². The molecule has 17 heavy (non-hydrogen) atoms. The van der Waals surface area contributed by atoms with Gasteiger partial charge in [0.2, 0.25) is 0 Å². The molecule has 5 heteroatoms. The van der Waals surface area contributed by atoms with Crippen LogP contribution in [0, 0.1) is 0 Å². The third-order valence-corrected chi connectivity index (χ3v) is 2.37. The molecule has 1 aromatic carbocycles. The lowest BCUT2D eigenvalue weighted by Crippen LogP contribution is -2.12. The average Bonchev–Trinajstić information content (AvgIpc) is 2.26. The zero-order valence-corrected chi connectivity index (χ0v) is 8.89. The third-order valence-electron chi connectivity index (χ3n) is 2.37. The molecule has 1 aromatic heterocycles. The van der Waals surface area contributed by atoms with Crippen LogP contribution in [-0.4, -0.2) is 16.9 Å². The molecule has 0 unspecified atom stereocenters. The molecular formula is C12H8O5. The number of carbonyl (C=O) groups is 2. The molecule has 0 atom stereocenters. The predicted octanol–water partition coefficient (Wildman–Crippen LogP) is 1.69. The van der Waals surface area contributed by atoms with Gasteiger partial charge in [-0.2, -0.15) is 0 Å². The van der Waals surface area contributed by atoms with E-state index in [1.54, 1.807) is 12.1 Å². The van der Waals surface area contributed by atoms with E-state index in [9.17, 15) is 14.4 Å². The van der Waals surface area contributed by atoms with Crippen molar-refractivity contribution in [1.82, 2.24) is 0 Å². The Kier molecular flexibility index (Phi) is 2.51. The van der Waals surface area contributed by atoms with Gasteiger partial charge < -0.3 is 9.52 Å². The summed E-state index contributed by atoms with van der Waals surface area (Å²) in [7, 11) is 0. The normalized spacial score (nSPS) is 10.4. The minimum Gasteiger partial charge on any atom is -0.477 e. The minimum absolute atomic E-state index is 0.156. The van der Waals surface area contributed by atoms with Crippen molar-refractivity contribution < 1.29 is 19.1 Å². The van der Waals surface area contributed by atoms with Crippen LogP contribution in [0.2, 0.25) is 0 Å². The summed E-state index contributed by atoms with van der Waals surface area (Å²) >= 11 is 0. The Hall–Kier alpha value is -2.43. The molecule has 1 heterocycles. The topological polar surface area (TPSA) is 84.6 Å². The molecule has 86 valence electrons. The molecule has 0 radical (unpaired) electrons. The lowest BCUT2D eigenvalue weighted by atomic mass is 10.1. The van der Waals surface area contributed by atoms with Crippen LogP contribution in [0.5, 0.6) is 0 Å². The Bertz CT molecular complexity index is 681. The molecule has 0 saturated heterocycles. The van der Waals surface area contributed by atoms with Gasteiger partial charge in [-0.3, -0.25) is 4.79 Å². The van der Waals surface area contributed by atoms with Gasteiger partial charge in [0.25, 0.3) is 0 Å². The number of aromatic carboxylic acids is 1. The Morgan fingerprint density at radius 3 is 2.53 bits per heavy atom. The summed E-state index contributed by atoms with van der Waals surface area (Å²) < 4.78 is 4.86. The molecule has 2 aromatic rings. The van der Waals surface area contributed by atoms with E-state index in [-0.39, 0.29) is 11.4 Å². The summed E-state index contributed by atoms with van der Waals surface area (Å²) in [6.45, 7) is 1.39. The van der Waals surface area contributed by atoms with Crippen LogP contribution in [0.3, 0.4) is 0 Å². The fourth-order valence-corrected chi connectivity index (χ4v) is 1.48. The van der Waals surface area contributed by atoms with Crippen molar-refractivity contribution in [2.45, 2.75) is 6.92 Å². The van der Waals surface area contributed by atoms with Crippen LogP contribution in [0.4, 0.5) is 0 Å².